The second-order valence-corrected chi connectivity index (χ2v) is 2.64. The van der Waals surface area contributed by atoms with E-state index in [2.05, 4.69) is 6.92 Å². The summed E-state index contributed by atoms with van der Waals surface area (Å²) >= 11 is 0. The van der Waals surface area contributed by atoms with E-state index in [1.54, 1.807) is 6.08 Å². The van der Waals surface area contributed by atoms with Crippen LogP contribution in [0.3, 0.4) is 0 Å². The first-order valence-corrected chi connectivity index (χ1v) is 4.27. The van der Waals surface area contributed by atoms with Crippen LogP contribution in [0.2, 0.25) is 0 Å². The Kier molecular flexibility index (Phi) is 6.07. The molecule has 0 rings (SSSR count). The van der Waals surface area contributed by atoms with Gasteiger partial charge in [-0.1, -0.05) is 31.1 Å². The lowest BCUT2D eigenvalue weighted by molar-refractivity contribution is -0.131. The molecule has 1 N–H and O–H groups in total. The largest absolute Gasteiger partial charge is 0.478 e. The van der Waals surface area contributed by atoms with Crippen molar-refractivity contribution in [3.05, 3.63) is 23.8 Å². The maximum Gasteiger partial charge on any atom is 0.328 e. The monoisotopic (exact) mass is 168 g/mol. The van der Waals surface area contributed by atoms with E-state index in [0.29, 0.717) is 0 Å². The Hall–Kier alpha value is -1.05. The van der Waals surface area contributed by atoms with Crippen LogP contribution < -0.4 is 0 Å². The Morgan fingerprint density at radius 1 is 1.42 bits per heavy atom. The van der Waals surface area contributed by atoms with Crippen LogP contribution in [-0.2, 0) is 4.79 Å². The van der Waals surface area contributed by atoms with E-state index < -0.39 is 5.97 Å². The average Bonchev–Trinajstić information content (AvgIpc) is 2.05. The average molecular weight is 168 g/mol. The predicted molar refractivity (Wildman–Crippen MR) is 50.1 cm³/mol. The zero-order valence-corrected chi connectivity index (χ0v) is 7.71. The lowest BCUT2D eigenvalue weighted by atomic mass is 10.1. The summed E-state index contributed by atoms with van der Waals surface area (Å²) in [5, 5.41) is 8.37. The molecule has 0 bridgehead atoms. The van der Waals surface area contributed by atoms with Crippen molar-refractivity contribution >= 4 is 5.97 Å². The van der Waals surface area contributed by atoms with Gasteiger partial charge >= 0.3 is 5.97 Å². The van der Waals surface area contributed by atoms with E-state index in [1.807, 2.05) is 13.0 Å². The number of aliphatic carboxylic acids is 1. The molecule has 0 aromatic heterocycles. The maximum absolute atomic E-state index is 10.2. The van der Waals surface area contributed by atoms with Crippen LogP contribution in [0.25, 0.3) is 0 Å². The van der Waals surface area contributed by atoms with E-state index in [0.717, 1.165) is 24.8 Å². The highest BCUT2D eigenvalue weighted by atomic mass is 16.4. The number of rotatable bonds is 5. The summed E-state index contributed by atoms with van der Waals surface area (Å²) in [4.78, 5) is 10.2. The van der Waals surface area contributed by atoms with Crippen molar-refractivity contribution in [1.29, 1.82) is 0 Å². The van der Waals surface area contributed by atoms with Gasteiger partial charge in [-0.3, -0.25) is 0 Å². The van der Waals surface area contributed by atoms with Crippen molar-refractivity contribution in [3.8, 4) is 0 Å². The van der Waals surface area contributed by atoms with Gasteiger partial charge in [-0.15, -0.1) is 0 Å². The van der Waals surface area contributed by atoms with Crippen molar-refractivity contribution in [2.45, 2.75) is 33.1 Å². The van der Waals surface area contributed by atoms with Crippen LogP contribution in [0.1, 0.15) is 33.1 Å². The van der Waals surface area contributed by atoms with Crippen LogP contribution in [0, 0.1) is 0 Å². The van der Waals surface area contributed by atoms with Crippen LogP contribution in [0.4, 0.5) is 0 Å². The van der Waals surface area contributed by atoms with Gasteiger partial charge in [0, 0.05) is 6.08 Å². The van der Waals surface area contributed by atoms with Gasteiger partial charge in [0.15, 0.2) is 0 Å². The molecule has 0 spiro atoms. The van der Waals surface area contributed by atoms with Crippen LogP contribution in [0.15, 0.2) is 23.8 Å². The van der Waals surface area contributed by atoms with Crippen LogP contribution in [0.5, 0.6) is 0 Å². The van der Waals surface area contributed by atoms with Gasteiger partial charge in [0.2, 0.25) is 0 Å². The Balaban J connectivity index is 3.92. The molecule has 0 aliphatic rings. The summed E-state index contributed by atoms with van der Waals surface area (Å²) in [7, 11) is 0. The third-order valence-electron chi connectivity index (χ3n) is 1.63. The highest BCUT2D eigenvalue weighted by Crippen LogP contribution is 2.08. The van der Waals surface area contributed by atoms with Gasteiger partial charge in [-0.2, -0.15) is 0 Å². The molecule has 0 aromatic carbocycles. The van der Waals surface area contributed by atoms with E-state index in [1.165, 1.54) is 6.08 Å². The standard InChI is InChI=1S/C10H16O2/c1-3-5-6-9(4-2)7-8-10(11)12/h4,7-8H,3,5-6H2,1-2H3,(H,11,12)/b8-7+,9-4-. The van der Waals surface area contributed by atoms with Gasteiger partial charge in [-0.05, 0) is 19.8 Å². The fourth-order valence-corrected chi connectivity index (χ4v) is 0.883. The highest BCUT2D eigenvalue weighted by Gasteiger charge is 1.91. The summed E-state index contributed by atoms with van der Waals surface area (Å²) in [5.41, 5.74) is 1.10. The molecule has 0 unspecified atom stereocenters. The molecule has 0 heterocycles. The topological polar surface area (TPSA) is 37.3 Å². The molecule has 2 nitrogen and oxygen atoms in total. The van der Waals surface area contributed by atoms with Crippen molar-refractivity contribution in [3.63, 3.8) is 0 Å². The molecule has 68 valence electrons. The first-order chi connectivity index (χ1) is 5.70. The first kappa shape index (κ1) is 11.0. The Bertz CT molecular complexity index is 190. The van der Waals surface area contributed by atoms with Gasteiger partial charge in [-0.25, -0.2) is 4.79 Å². The molecule has 0 amide bonds. The van der Waals surface area contributed by atoms with Gasteiger partial charge in [0.05, 0.1) is 0 Å². The zero-order valence-electron chi connectivity index (χ0n) is 7.71. The third kappa shape index (κ3) is 5.71. The normalized spacial score (nSPS) is 12.3. The number of carboxylic acids is 1. The molecular weight excluding hydrogens is 152 g/mol. The highest BCUT2D eigenvalue weighted by molar-refractivity contribution is 5.80. The molecule has 0 aliphatic carbocycles. The number of carboxylic acid groups (broad SMARTS) is 1. The van der Waals surface area contributed by atoms with Crippen molar-refractivity contribution in [2.24, 2.45) is 0 Å². The summed E-state index contributed by atoms with van der Waals surface area (Å²) in [6.07, 6.45) is 8.02. The first-order valence-electron chi connectivity index (χ1n) is 4.27. The molecule has 12 heavy (non-hydrogen) atoms. The molecule has 0 atom stereocenters. The summed E-state index contributed by atoms with van der Waals surface area (Å²) < 4.78 is 0. The minimum atomic E-state index is -0.883. The zero-order chi connectivity index (χ0) is 9.40. The number of hydrogen-bond donors (Lipinski definition) is 1. The van der Waals surface area contributed by atoms with Gasteiger partial charge < -0.3 is 5.11 Å². The van der Waals surface area contributed by atoms with E-state index >= 15 is 0 Å². The number of hydrogen-bond acceptors (Lipinski definition) is 1. The molecule has 0 aliphatic heterocycles. The van der Waals surface area contributed by atoms with Crippen LogP contribution >= 0.6 is 0 Å². The van der Waals surface area contributed by atoms with Gasteiger partial charge in [0.25, 0.3) is 0 Å². The summed E-state index contributed by atoms with van der Waals surface area (Å²) in [6.45, 7) is 4.05. The molecule has 0 fully saturated rings. The molecule has 2 heteroatoms. The second kappa shape index (κ2) is 6.65. The number of carbonyl (C=O) groups is 1. The smallest absolute Gasteiger partial charge is 0.328 e. The summed E-state index contributed by atoms with van der Waals surface area (Å²) in [6, 6.07) is 0. The van der Waals surface area contributed by atoms with E-state index in [-0.39, 0.29) is 0 Å². The van der Waals surface area contributed by atoms with E-state index in [9.17, 15) is 4.79 Å². The lowest BCUT2D eigenvalue weighted by Gasteiger charge is -1.97. The Labute approximate surface area is 73.6 Å². The fraction of sp³-hybridized carbons (Fsp3) is 0.500. The quantitative estimate of drug-likeness (QED) is 0.506. The van der Waals surface area contributed by atoms with Crippen LogP contribution in [-0.4, -0.2) is 11.1 Å². The Morgan fingerprint density at radius 3 is 2.50 bits per heavy atom. The lowest BCUT2D eigenvalue weighted by Crippen LogP contribution is -1.87. The molecular formula is C10H16O2. The molecule has 0 radical (unpaired) electrons. The second-order valence-electron chi connectivity index (χ2n) is 2.64. The Morgan fingerprint density at radius 2 is 2.08 bits per heavy atom. The molecule has 0 saturated heterocycles. The van der Waals surface area contributed by atoms with Crippen molar-refractivity contribution in [1.82, 2.24) is 0 Å². The summed E-state index contributed by atoms with van der Waals surface area (Å²) in [5.74, 6) is -0.883. The minimum absolute atomic E-state index is 0.883. The minimum Gasteiger partial charge on any atom is -0.478 e. The van der Waals surface area contributed by atoms with Crippen molar-refractivity contribution < 1.29 is 9.90 Å². The maximum atomic E-state index is 10.2. The van der Waals surface area contributed by atoms with E-state index in [4.69, 9.17) is 5.11 Å². The number of allylic oxidation sites excluding steroid dienone is 3. The predicted octanol–water partition coefficient (Wildman–Crippen LogP) is 2.76. The SMILES string of the molecule is C/C=C(\C=C\C(=O)O)CCCC. The molecule has 0 saturated carbocycles. The van der Waals surface area contributed by atoms with Gasteiger partial charge in [0.1, 0.15) is 0 Å². The molecule has 0 aromatic rings. The third-order valence-corrected chi connectivity index (χ3v) is 1.63. The fourth-order valence-electron chi connectivity index (χ4n) is 0.883. The van der Waals surface area contributed by atoms with Crippen molar-refractivity contribution in [2.75, 3.05) is 0 Å². The number of unbranched alkanes of at least 4 members (excludes halogenated alkanes) is 1.